The fraction of sp³-hybridized carbons (Fsp3) is 0.111. The van der Waals surface area contributed by atoms with Crippen LogP contribution in [-0.2, 0) is 10.0 Å². The number of anilines is 4. The average molecular weight is 419 g/mol. The number of rotatable bonds is 6. The molecule has 0 bridgehead atoms. The zero-order valence-electron chi connectivity index (χ0n) is 15.2. The van der Waals surface area contributed by atoms with Gasteiger partial charge >= 0.3 is 0 Å². The van der Waals surface area contributed by atoms with Crippen LogP contribution in [0.4, 0.5) is 23.0 Å². The van der Waals surface area contributed by atoms with E-state index in [1.165, 1.54) is 18.5 Å². The number of halogens is 1. The smallest absolute Gasteiger partial charge is 0.257 e. The third kappa shape index (κ3) is 4.33. The maximum atomic E-state index is 12.4. The minimum absolute atomic E-state index is 0.117. The van der Waals surface area contributed by atoms with E-state index in [2.05, 4.69) is 25.5 Å². The van der Waals surface area contributed by atoms with Crippen molar-refractivity contribution in [2.45, 2.75) is 18.7 Å². The molecular weight excluding hydrogens is 400 g/mol. The van der Waals surface area contributed by atoms with Gasteiger partial charge in [0.2, 0.25) is 0 Å². The van der Waals surface area contributed by atoms with Crippen molar-refractivity contribution in [1.82, 2.24) is 14.8 Å². The van der Waals surface area contributed by atoms with Crippen molar-refractivity contribution < 1.29 is 8.42 Å². The first-order valence-corrected chi connectivity index (χ1v) is 10.1. The predicted octanol–water partition coefficient (Wildman–Crippen LogP) is 3.38. The van der Waals surface area contributed by atoms with Crippen LogP contribution in [0.25, 0.3) is 0 Å². The molecule has 0 unspecified atom stereocenters. The van der Waals surface area contributed by atoms with Gasteiger partial charge in [-0.3, -0.25) is 5.43 Å². The molecule has 1 heterocycles. The van der Waals surface area contributed by atoms with Crippen molar-refractivity contribution in [2.24, 2.45) is 0 Å². The number of hydrogen-bond donors (Lipinski definition) is 4. The van der Waals surface area contributed by atoms with Gasteiger partial charge in [-0.25, -0.2) is 18.4 Å². The lowest BCUT2D eigenvalue weighted by molar-refractivity contribution is 0.587. The standard InChI is InChI=1S/C18H19ClN6O2S/c1-11-6-8-13(9-7-11)28(26,27)25-24-18-16(20)17(21-10-22-18)23-15-5-3-4-14(19)12(15)2/h3-10,25H,20H2,1-2H3,(H2,21,22,23,24). The Hall–Kier alpha value is -2.88. The third-order valence-electron chi connectivity index (χ3n) is 4.04. The summed E-state index contributed by atoms with van der Waals surface area (Å²) in [6.07, 6.45) is 1.26. The van der Waals surface area contributed by atoms with Gasteiger partial charge in [0.25, 0.3) is 10.0 Å². The van der Waals surface area contributed by atoms with E-state index in [1.54, 1.807) is 24.3 Å². The van der Waals surface area contributed by atoms with Crippen LogP contribution in [-0.4, -0.2) is 18.4 Å². The van der Waals surface area contributed by atoms with Crippen LogP contribution in [0.15, 0.2) is 53.7 Å². The van der Waals surface area contributed by atoms with Gasteiger partial charge in [0.1, 0.15) is 12.0 Å². The fourth-order valence-corrected chi connectivity index (χ4v) is 3.37. The lowest BCUT2D eigenvalue weighted by Crippen LogP contribution is -2.30. The van der Waals surface area contributed by atoms with E-state index < -0.39 is 10.0 Å². The summed E-state index contributed by atoms with van der Waals surface area (Å²) in [4.78, 5) is 10.5. The molecule has 0 aliphatic carbocycles. The molecule has 3 aromatic rings. The Morgan fingerprint density at radius 3 is 2.39 bits per heavy atom. The summed E-state index contributed by atoms with van der Waals surface area (Å²) in [5.41, 5.74) is 11.3. The van der Waals surface area contributed by atoms with Gasteiger partial charge in [-0.1, -0.05) is 35.4 Å². The van der Waals surface area contributed by atoms with E-state index in [4.69, 9.17) is 17.3 Å². The highest BCUT2D eigenvalue weighted by Gasteiger charge is 2.16. The van der Waals surface area contributed by atoms with Crippen molar-refractivity contribution in [2.75, 3.05) is 16.5 Å². The van der Waals surface area contributed by atoms with Crippen LogP contribution in [0.3, 0.4) is 0 Å². The number of hydrogen-bond acceptors (Lipinski definition) is 7. The molecule has 0 aliphatic heterocycles. The zero-order valence-corrected chi connectivity index (χ0v) is 16.8. The molecule has 10 heteroatoms. The monoisotopic (exact) mass is 418 g/mol. The Morgan fingerprint density at radius 1 is 1.00 bits per heavy atom. The van der Waals surface area contributed by atoms with E-state index in [0.29, 0.717) is 10.8 Å². The number of aryl methyl sites for hydroxylation is 1. The second kappa shape index (κ2) is 8.01. The first-order valence-electron chi connectivity index (χ1n) is 8.25. The summed E-state index contributed by atoms with van der Waals surface area (Å²) in [7, 11) is -3.79. The Bertz CT molecular complexity index is 1100. The number of sulfonamides is 1. The lowest BCUT2D eigenvalue weighted by atomic mass is 10.2. The first-order chi connectivity index (χ1) is 13.3. The van der Waals surface area contributed by atoms with Crippen molar-refractivity contribution >= 4 is 44.6 Å². The summed E-state index contributed by atoms with van der Waals surface area (Å²) >= 11 is 6.13. The summed E-state index contributed by atoms with van der Waals surface area (Å²) in [6, 6.07) is 11.8. The number of benzene rings is 2. The molecule has 3 rings (SSSR count). The Labute approximate surface area is 168 Å². The third-order valence-corrected chi connectivity index (χ3v) is 5.71. The van der Waals surface area contributed by atoms with Gasteiger partial charge in [-0.15, -0.1) is 4.83 Å². The van der Waals surface area contributed by atoms with Crippen LogP contribution in [0, 0.1) is 13.8 Å². The normalized spacial score (nSPS) is 11.2. The molecule has 0 saturated heterocycles. The maximum absolute atomic E-state index is 12.4. The number of nitrogens with zero attached hydrogens (tertiary/aromatic N) is 2. The highest BCUT2D eigenvalue weighted by molar-refractivity contribution is 7.89. The van der Waals surface area contributed by atoms with E-state index in [0.717, 1.165) is 16.8 Å². The van der Waals surface area contributed by atoms with E-state index in [-0.39, 0.29) is 16.4 Å². The molecule has 0 atom stereocenters. The van der Waals surface area contributed by atoms with Crippen molar-refractivity contribution in [1.29, 1.82) is 0 Å². The minimum Gasteiger partial charge on any atom is -0.393 e. The van der Waals surface area contributed by atoms with Crippen LogP contribution in [0.5, 0.6) is 0 Å². The number of hydrazine groups is 1. The zero-order chi connectivity index (χ0) is 20.3. The lowest BCUT2D eigenvalue weighted by Gasteiger charge is -2.15. The topological polar surface area (TPSA) is 122 Å². The molecule has 2 aromatic carbocycles. The van der Waals surface area contributed by atoms with Gasteiger partial charge in [-0.05, 0) is 43.7 Å². The van der Waals surface area contributed by atoms with Gasteiger partial charge < -0.3 is 11.1 Å². The van der Waals surface area contributed by atoms with Crippen LogP contribution in [0.2, 0.25) is 5.02 Å². The van der Waals surface area contributed by atoms with Gasteiger partial charge in [0, 0.05) is 10.7 Å². The summed E-state index contributed by atoms with van der Waals surface area (Å²) < 4.78 is 24.8. The molecule has 0 saturated carbocycles. The van der Waals surface area contributed by atoms with E-state index in [1.807, 2.05) is 19.9 Å². The molecule has 1 aromatic heterocycles. The average Bonchev–Trinajstić information content (AvgIpc) is 2.66. The Balaban J connectivity index is 1.79. The van der Waals surface area contributed by atoms with Crippen LogP contribution < -0.4 is 21.3 Å². The van der Waals surface area contributed by atoms with Crippen molar-refractivity contribution in [3.8, 4) is 0 Å². The molecule has 8 nitrogen and oxygen atoms in total. The van der Waals surface area contributed by atoms with E-state index >= 15 is 0 Å². The molecule has 5 N–H and O–H groups in total. The minimum atomic E-state index is -3.79. The number of nitrogen functional groups attached to an aromatic ring is 1. The SMILES string of the molecule is Cc1ccc(S(=O)(=O)NNc2ncnc(Nc3cccc(Cl)c3C)c2N)cc1. The highest BCUT2D eigenvalue weighted by atomic mass is 35.5. The van der Waals surface area contributed by atoms with Crippen LogP contribution >= 0.6 is 11.6 Å². The molecular formula is C18H19ClN6O2S. The van der Waals surface area contributed by atoms with Gasteiger partial charge in [0.05, 0.1) is 4.90 Å². The Morgan fingerprint density at radius 2 is 1.68 bits per heavy atom. The summed E-state index contributed by atoms with van der Waals surface area (Å²) in [5.74, 6) is 0.435. The van der Waals surface area contributed by atoms with Crippen molar-refractivity contribution in [3.05, 3.63) is 64.9 Å². The molecule has 146 valence electrons. The number of nitrogens with one attached hydrogen (secondary N) is 3. The Kier molecular flexibility index (Phi) is 5.68. The van der Waals surface area contributed by atoms with Crippen molar-refractivity contribution in [3.63, 3.8) is 0 Å². The molecule has 28 heavy (non-hydrogen) atoms. The molecule has 0 fully saturated rings. The van der Waals surface area contributed by atoms with E-state index in [9.17, 15) is 8.42 Å². The largest absolute Gasteiger partial charge is 0.393 e. The second-order valence-corrected chi connectivity index (χ2v) is 8.16. The van der Waals surface area contributed by atoms with Crippen LogP contribution in [0.1, 0.15) is 11.1 Å². The predicted molar refractivity (Wildman–Crippen MR) is 111 cm³/mol. The van der Waals surface area contributed by atoms with Gasteiger partial charge in [0.15, 0.2) is 11.6 Å². The number of nitrogens with two attached hydrogens (primary N) is 1. The maximum Gasteiger partial charge on any atom is 0.257 e. The number of aromatic nitrogens is 2. The quantitative estimate of drug-likeness (QED) is 0.452. The highest BCUT2D eigenvalue weighted by Crippen LogP contribution is 2.29. The first kappa shape index (κ1) is 19.9. The second-order valence-electron chi connectivity index (χ2n) is 6.07. The molecule has 0 spiro atoms. The summed E-state index contributed by atoms with van der Waals surface area (Å²) in [5, 5.41) is 3.68. The summed E-state index contributed by atoms with van der Waals surface area (Å²) in [6.45, 7) is 3.73. The fourth-order valence-electron chi connectivity index (χ4n) is 2.36. The molecule has 0 radical (unpaired) electrons. The molecule has 0 amide bonds. The van der Waals surface area contributed by atoms with Gasteiger partial charge in [-0.2, -0.15) is 0 Å². The molecule has 0 aliphatic rings.